The summed E-state index contributed by atoms with van der Waals surface area (Å²) >= 11 is 0. The number of carbonyl (C=O) groups is 4. The Morgan fingerprint density at radius 2 is 1.47 bits per heavy atom. The third-order valence-electron chi connectivity index (χ3n) is 2.71. The summed E-state index contributed by atoms with van der Waals surface area (Å²) in [6.07, 6.45) is 0. The number of rotatable bonds is 2. The molecule has 0 aromatic rings. The van der Waals surface area contributed by atoms with E-state index < -0.39 is 29.0 Å². The molecule has 6 nitrogen and oxygen atoms in total. The van der Waals surface area contributed by atoms with Crippen molar-refractivity contribution < 1.29 is 19.2 Å². The Labute approximate surface area is 86.8 Å². The van der Waals surface area contributed by atoms with E-state index in [0.29, 0.717) is 0 Å². The molecule has 1 rings (SSSR count). The predicted octanol–water partition coefficient (Wildman–Crippen LogP) is -0.573. The molecule has 0 N–H and O–H groups in total. The van der Waals surface area contributed by atoms with E-state index in [-0.39, 0.29) is 0 Å². The van der Waals surface area contributed by atoms with Crippen molar-refractivity contribution >= 4 is 23.5 Å². The van der Waals surface area contributed by atoms with Gasteiger partial charge in [0.25, 0.3) is 5.91 Å². The van der Waals surface area contributed by atoms with Crippen molar-refractivity contribution in [2.45, 2.75) is 19.4 Å². The highest BCUT2D eigenvalue weighted by atomic mass is 16.2. The molecule has 15 heavy (non-hydrogen) atoms. The number of urea groups is 1. The van der Waals surface area contributed by atoms with Crippen molar-refractivity contribution in [1.29, 1.82) is 0 Å². The lowest BCUT2D eigenvalue weighted by atomic mass is 9.89. The van der Waals surface area contributed by atoms with Crippen LogP contribution in [0.3, 0.4) is 0 Å². The van der Waals surface area contributed by atoms with Crippen molar-refractivity contribution in [3.8, 4) is 0 Å². The van der Waals surface area contributed by atoms with Gasteiger partial charge in [0, 0.05) is 14.1 Å². The first-order valence-corrected chi connectivity index (χ1v) is 4.36. The van der Waals surface area contributed by atoms with Crippen molar-refractivity contribution in [3.63, 3.8) is 0 Å². The minimum absolute atomic E-state index is 0.639. The fraction of sp³-hybridized carbons (Fsp3) is 0.556. The molecule has 0 unspecified atom stereocenters. The fourth-order valence-corrected chi connectivity index (χ4v) is 1.86. The van der Waals surface area contributed by atoms with Gasteiger partial charge in [0.05, 0.1) is 0 Å². The lowest BCUT2D eigenvalue weighted by Crippen LogP contribution is -2.58. The number of likely N-dealkylation sites (N-methyl/N-ethyl adjacent to an activating group) is 2. The molecule has 82 valence electrons. The second-order valence-electron chi connectivity index (χ2n) is 3.53. The lowest BCUT2D eigenvalue weighted by molar-refractivity contribution is -0.147. The molecule has 1 heterocycles. The molecule has 0 radical (unpaired) electrons. The van der Waals surface area contributed by atoms with Crippen LogP contribution >= 0.6 is 0 Å². The predicted molar refractivity (Wildman–Crippen MR) is 50.0 cm³/mol. The minimum atomic E-state index is -1.95. The number of nitrogens with zero attached hydrogens (tertiary/aromatic N) is 2. The minimum Gasteiger partial charge on any atom is -0.300 e. The van der Waals surface area contributed by atoms with Crippen molar-refractivity contribution in [1.82, 2.24) is 9.80 Å². The summed E-state index contributed by atoms with van der Waals surface area (Å²) in [5, 5.41) is 0. The third-order valence-corrected chi connectivity index (χ3v) is 2.71. The first-order valence-electron chi connectivity index (χ1n) is 4.36. The Balaban J connectivity index is 3.44. The van der Waals surface area contributed by atoms with E-state index in [1.54, 1.807) is 0 Å². The van der Waals surface area contributed by atoms with Gasteiger partial charge in [-0.15, -0.1) is 0 Å². The molecule has 6 heteroatoms. The molecule has 1 fully saturated rings. The van der Waals surface area contributed by atoms with Gasteiger partial charge in [0.2, 0.25) is 5.54 Å². The Morgan fingerprint density at radius 1 is 1.07 bits per heavy atom. The van der Waals surface area contributed by atoms with E-state index in [4.69, 9.17) is 0 Å². The van der Waals surface area contributed by atoms with E-state index in [9.17, 15) is 19.2 Å². The van der Waals surface area contributed by atoms with Crippen LogP contribution in [0.25, 0.3) is 0 Å². The lowest BCUT2D eigenvalue weighted by Gasteiger charge is -2.26. The van der Waals surface area contributed by atoms with Crippen LogP contribution in [0.15, 0.2) is 0 Å². The largest absolute Gasteiger partial charge is 0.327 e. The molecule has 0 aliphatic carbocycles. The molecule has 0 spiro atoms. The average molecular weight is 212 g/mol. The highest BCUT2D eigenvalue weighted by molar-refractivity contribution is 6.33. The van der Waals surface area contributed by atoms with Crippen LogP contribution in [0.4, 0.5) is 4.79 Å². The van der Waals surface area contributed by atoms with E-state index in [0.717, 1.165) is 23.6 Å². The fourth-order valence-electron chi connectivity index (χ4n) is 1.86. The average Bonchev–Trinajstić information content (AvgIpc) is 2.29. The third kappa shape index (κ3) is 1.10. The van der Waals surface area contributed by atoms with Gasteiger partial charge in [0.1, 0.15) is 0 Å². The number of imide groups is 1. The molecule has 0 bridgehead atoms. The summed E-state index contributed by atoms with van der Waals surface area (Å²) in [6.45, 7) is 2.25. The molecule has 0 saturated carbocycles. The Bertz CT molecular complexity index is 360. The summed E-state index contributed by atoms with van der Waals surface area (Å²) in [4.78, 5) is 47.8. The highest BCUT2D eigenvalue weighted by Gasteiger charge is 2.61. The molecular weight excluding hydrogens is 200 g/mol. The maximum atomic E-state index is 11.8. The van der Waals surface area contributed by atoms with Gasteiger partial charge in [0.15, 0.2) is 11.6 Å². The second-order valence-corrected chi connectivity index (χ2v) is 3.53. The summed E-state index contributed by atoms with van der Waals surface area (Å²) in [6, 6.07) is -0.648. The van der Waals surface area contributed by atoms with Crippen LogP contribution in [0.2, 0.25) is 0 Å². The van der Waals surface area contributed by atoms with Gasteiger partial charge in [-0.3, -0.25) is 24.2 Å². The van der Waals surface area contributed by atoms with Gasteiger partial charge in [-0.25, -0.2) is 4.79 Å². The molecular formula is C9H12N2O4. The number of Topliss-reactive ketones (excluding diaryl/α,β-unsaturated/α-hetero) is 2. The molecule has 1 saturated heterocycles. The second kappa shape index (κ2) is 3.15. The van der Waals surface area contributed by atoms with Crippen molar-refractivity contribution in [2.75, 3.05) is 14.1 Å². The molecule has 1 aliphatic heterocycles. The highest BCUT2D eigenvalue weighted by Crippen LogP contribution is 2.27. The molecule has 0 aromatic carbocycles. The van der Waals surface area contributed by atoms with Gasteiger partial charge in [-0.05, 0) is 13.8 Å². The summed E-state index contributed by atoms with van der Waals surface area (Å²) in [7, 11) is 2.52. The van der Waals surface area contributed by atoms with Gasteiger partial charge >= 0.3 is 6.03 Å². The Kier molecular flexibility index (Phi) is 2.38. The van der Waals surface area contributed by atoms with Crippen LogP contribution in [0.1, 0.15) is 13.8 Å². The standard InChI is InChI=1S/C9H12N2O4/c1-5(12)9(6(2)13)7(14)10(3)8(15)11(9)4/h1-4H3. The maximum Gasteiger partial charge on any atom is 0.327 e. The summed E-state index contributed by atoms with van der Waals surface area (Å²) in [5.41, 5.74) is -1.95. The summed E-state index contributed by atoms with van der Waals surface area (Å²) in [5.74, 6) is -2.06. The molecule has 0 atom stereocenters. The first kappa shape index (κ1) is 11.4. The van der Waals surface area contributed by atoms with Crippen LogP contribution in [0.5, 0.6) is 0 Å². The van der Waals surface area contributed by atoms with Gasteiger partial charge < -0.3 is 0 Å². The number of ketones is 2. The monoisotopic (exact) mass is 212 g/mol. The van der Waals surface area contributed by atoms with Crippen molar-refractivity contribution in [3.05, 3.63) is 0 Å². The van der Waals surface area contributed by atoms with Crippen LogP contribution in [-0.4, -0.2) is 52.9 Å². The number of hydrogen-bond acceptors (Lipinski definition) is 4. The van der Waals surface area contributed by atoms with Gasteiger partial charge in [-0.2, -0.15) is 0 Å². The zero-order valence-electron chi connectivity index (χ0n) is 9.03. The molecule has 1 aliphatic rings. The van der Waals surface area contributed by atoms with Crippen LogP contribution < -0.4 is 0 Å². The Morgan fingerprint density at radius 3 is 1.60 bits per heavy atom. The normalized spacial score (nSPS) is 19.7. The zero-order valence-corrected chi connectivity index (χ0v) is 9.03. The molecule has 3 amide bonds. The van der Waals surface area contributed by atoms with E-state index >= 15 is 0 Å². The molecule has 0 aromatic heterocycles. The van der Waals surface area contributed by atoms with Crippen LogP contribution in [0, 0.1) is 0 Å². The smallest absolute Gasteiger partial charge is 0.300 e. The van der Waals surface area contributed by atoms with E-state index in [2.05, 4.69) is 0 Å². The van der Waals surface area contributed by atoms with E-state index in [1.807, 2.05) is 0 Å². The first-order chi connectivity index (χ1) is 6.77. The number of carbonyl (C=O) groups excluding carboxylic acids is 4. The van der Waals surface area contributed by atoms with Crippen LogP contribution in [-0.2, 0) is 14.4 Å². The quantitative estimate of drug-likeness (QED) is 0.453. The summed E-state index contributed by atoms with van der Waals surface area (Å²) < 4.78 is 0. The zero-order chi connectivity index (χ0) is 12.0. The topological polar surface area (TPSA) is 74.8 Å². The maximum absolute atomic E-state index is 11.8. The number of hydrogen-bond donors (Lipinski definition) is 0. The number of amides is 3. The van der Waals surface area contributed by atoms with Gasteiger partial charge in [-0.1, -0.05) is 0 Å². The van der Waals surface area contributed by atoms with E-state index in [1.165, 1.54) is 14.1 Å². The van der Waals surface area contributed by atoms with Crippen molar-refractivity contribution in [2.24, 2.45) is 0 Å². The SMILES string of the molecule is CC(=O)C1(C(C)=O)C(=O)N(C)C(=O)N1C. The Hall–Kier alpha value is -1.72.